The molecule has 5 nitrogen and oxygen atoms in total. The van der Waals surface area contributed by atoms with E-state index in [9.17, 15) is 0 Å². The van der Waals surface area contributed by atoms with Gasteiger partial charge in [0.25, 0.3) is 0 Å². The molecule has 0 radical (unpaired) electrons. The van der Waals surface area contributed by atoms with Crippen molar-refractivity contribution in [2.75, 3.05) is 0 Å². The van der Waals surface area contributed by atoms with Crippen molar-refractivity contribution in [3.05, 3.63) is 175 Å². The molecule has 1 unspecified atom stereocenters. The van der Waals surface area contributed by atoms with Crippen LogP contribution in [-0.4, -0.2) is 16.7 Å². The van der Waals surface area contributed by atoms with E-state index in [1.54, 1.807) is 11.3 Å². The number of fused-ring (bicyclic) bond motifs is 6. The van der Waals surface area contributed by atoms with E-state index in [0.29, 0.717) is 5.84 Å². The lowest BCUT2D eigenvalue weighted by Crippen LogP contribution is -2.33. The number of aromatic nitrogens is 1. The van der Waals surface area contributed by atoms with Crippen LogP contribution in [0.25, 0.3) is 64.5 Å². The molecule has 1 atom stereocenters. The summed E-state index contributed by atoms with van der Waals surface area (Å²) in [6.45, 7) is 0. The summed E-state index contributed by atoms with van der Waals surface area (Å²) in [5.74, 6) is 1.50. The molecule has 3 aromatic heterocycles. The molecule has 0 saturated carbocycles. The molecule has 6 aromatic carbocycles. The van der Waals surface area contributed by atoms with Crippen LogP contribution < -0.4 is 5.32 Å². The number of thiophene rings is 1. The van der Waals surface area contributed by atoms with Gasteiger partial charge in [-0.1, -0.05) is 115 Å². The summed E-state index contributed by atoms with van der Waals surface area (Å²) in [6.07, 6.45) is 1.67. The third kappa shape index (κ3) is 4.88. The molecular weight excluding hydrogens is 633 g/mol. The van der Waals surface area contributed by atoms with E-state index in [1.165, 1.54) is 25.7 Å². The van der Waals surface area contributed by atoms with E-state index in [1.807, 2.05) is 54.7 Å². The van der Waals surface area contributed by atoms with Gasteiger partial charge in [-0.3, -0.25) is 4.98 Å². The van der Waals surface area contributed by atoms with Gasteiger partial charge in [-0.25, -0.2) is 9.98 Å². The number of furan rings is 1. The minimum Gasteiger partial charge on any atom is -0.456 e. The molecule has 0 amide bonds. The van der Waals surface area contributed by atoms with Crippen LogP contribution in [0.15, 0.2) is 172 Å². The maximum absolute atomic E-state index is 6.10. The van der Waals surface area contributed by atoms with Gasteiger partial charge in [-0.15, -0.1) is 11.3 Å². The lowest BCUT2D eigenvalue weighted by atomic mass is 9.99. The molecule has 10 rings (SSSR count). The summed E-state index contributed by atoms with van der Waals surface area (Å²) in [6, 6.07) is 52.6. The van der Waals surface area contributed by atoms with Crippen LogP contribution in [0.2, 0.25) is 0 Å². The van der Waals surface area contributed by atoms with E-state index in [-0.39, 0.29) is 6.17 Å². The second-order valence-corrected chi connectivity index (χ2v) is 13.6. The van der Waals surface area contributed by atoms with Crippen molar-refractivity contribution in [2.45, 2.75) is 6.17 Å². The van der Waals surface area contributed by atoms with Gasteiger partial charge in [0, 0.05) is 53.8 Å². The number of pyridine rings is 1. The van der Waals surface area contributed by atoms with E-state index in [2.05, 4.69) is 108 Å². The van der Waals surface area contributed by atoms with Crippen molar-refractivity contribution in [2.24, 2.45) is 9.98 Å². The van der Waals surface area contributed by atoms with E-state index >= 15 is 0 Å². The molecule has 0 aliphatic carbocycles. The smallest absolute Gasteiger partial charge is 0.159 e. The van der Waals surface area contributed by atoms with Gasteiger partial charge in [0.05, 0.1) is 5.69 Å². The summed E-state index contributed by atoms with van der Waals surface area (Å²) < 4.78 is 8.55. The Bertz CT molecular complexity index is 2780. The Morgan fingerprint density at radius 1 is 0.540 bits per heavy atom. The van der Waals surface area contributed by atoms with Crippen molar-refractivity contribution in [1.82, 2.24) is 10.3 Å². The molecule has 1 aliphatic heterocycles. The van der Waals surface area contributed by atoms with E-state index in [4.69, 9.17) is 19.4 Å². The van der Waals surface area contributed by atoms with Crippen LogP contribution in [0, 0.1) is 0 Å². The lowest BCUT2D eigenvalue weighted by Gasteiger charge is -2.23. The molecule has 236 valence electrons. The number of nitrogens with one attached hydrogen (secondary N) is 1. The first-order valence-electron chi connectivity index (χ1n) is 16.6. The summed E-state index contributed by atoms with van der Waals surface area (Å²) >= 11 is 1.80. The fraction of sp³-hybridized carbons (Fsp3) is 0.0227. The topological polar surface area (TPSA) is 62.8 Å². The summed E-state index contributed by atoms with van der Waals surface area (Å²) in [7, 11) is 0. The largest absolute Gasteiger partial charge is 0.456 e. The van der Waals surface area contributed by atoms with Gasteiger partial charge in [0.1, 0.15) is 23.2 Å². The second kappa shape index (κ2) is 11.7. The number of hydrogen-bond acceptors (Lipinski definition) is 6. The molecule has 1 N–H and O–H groups in total. The predicted molar refractivity (Wildman–Crippen MR) is 207 cm³/mol. The normalized spacial score (nSPS) is 14.6. The molecule has 0 spiro atoms. The molecular formula is C44H28N4OS. The number of nitrogens with zero attached hydrogens (tertiary/aromatic N) is 3. The van der Waals surface area contributed by atoms with Gasteiger partial charge in [0.15, 0.2) is 5.84 Å². The van der Waals surface area contributed by atoms with Crippen LogP contribution in [0.5, 0.6) is 0 Å². The Balaban J connectivity index is 1.05. The quantitative estimate of drug-likeness (QED) is 0.200. The lowest BCUT2D eigenvalue weighted by molar-refractivity contribution is 0.669. The fourth-order valence-electron chi connectivity index (χ4n) is 6.93. The maximum Gasteiger partial charge on any atom is 0.159 e. The third-order valence-corrected chi connectivity index (χ3v) is 10.5. The highest BCUT2D eigenvalue weighted by Crippen LogP contribution is 2.41. The second-order valence-electron chi connectivity index (χ2n) is 12.5. The monoisotopic (exact) mass is 660 g/mol. The average Bonchev–Trinajstić information content (AvgIpc) is 3.76. The van der Waals surface area contributed by atoms with Crippen molar-refractivity contribution in [1.29, 1.82) is 0 Å². The van der Waals surface area contributed by atoms with E-state index in [0.717, 1.165) is 61.3 Å². The van der Waals surface area contributed by atoms with Gasteiger partial charge in [-0.2, -0.15) is 0 Å². The molecule has 9 aromatic rings. The minimum atomic E-state index is -0.242. The molecule has 50 heavy (non-hydrogen) atoms. The zero-order valence-corrected chi connectivity index (χ0v) is 27.6. The highest BCUT2D eigenvalue weighted by Gasteiger charge is 2.21. The Morgan fingerprint density at radius 3 is 2.06 bits per heavy atom. The summed E-state index contributed by atoms with van der Waals surface area (Å²) in [5.41, 5.74) is 9.22. The van der Waals surface area contributed by atoms with Gasteiger partial charge >= 0.3 is 0 Å². The Hall–Kier alpha value is -6.37. The van der Waals surface area contributed by atoms with Crippen LogP contribution in [0.3, 0.4) is 0 Å². The Kier molecular flexibility index (Phi) is 6.67. The zero-order chi connectivity index (χ0) is 33.0. The Labute approximate surface area is 291 Å². The average molecular weight is 661 g/mol. The number of rotatable bonds is 5. The van der Waals surface area contributed by atoms with Crippen LogP contribution in [-0.2, 0) is 0 Å². The number of para-hydroxylation sites is 1. The van der Waals surface area contributed by atoms with Crippen LogP contribution in [0.1, 0.15) is 22.9 Å². The molecule has 4 heterocycles. The first kappa shape index (κ1) is 28.6. The predicted octanol–water partition coefficient (Wildman–Crippen LogP) is 11.2. The van der Waals surface area contributed by atoms with Gasteiger partial charge < -0.3 is 9.73 Å². The zero-order valence-electron chi connectivity index (χ0n) is 26.7. The van der Waals surface area contributed by atoms with Gasteiger partial charge in [-0.05, 0) is 53.1 Å². The van der Waals surface area contributed by atoms with Crippen LogP contribution in [0.4, 0.5) is 0 Å². The van der Waals surface area contributed by atoms with Crippen molar-refractivity contribution >= 4 is 65.1 Å². The molecule has 0 fully saturated rings. The molecule has 0 bridgehead atoms. The number of amidine groups is 2. The molecule has 1 aliphatic rings. The van der Waals surface area contributed by atoms with Crippen molar-refractivity contribution in [3.8, 4) is 22.4 Å². The first-order valence-corrected chi connectivity index (χ1v) is 17.4. The van der Waals surface area contributed by atoms with Gasteiger partial charge in [0.2, 0.25) is 0 Å². The first-order chi connectivity index (χ1) is 24.7. The number of benzene rings is 6. The molecule has 0 saturated heterocycles. The van der Waals surface area contributed by atoms with Crippen molar-refractivity contribution < 1.29 is 4.42 Å². The summed E-state index contributed by atoms with van der Waals surface area (Å²) in [4.78, 5) is 15.0. The minimum absolute atomic E-state index is 0.242. The standard InChI is InChI=1S/C44H28N4OS/c1-3-9-28(10-4-1)42-46-43(29-11-5-2-6-12-29)48-44(47-42)30-17-15-27(16-18-30)41-40-35-26-32(20-22-38(35)50-39(40)23-24-45-41)31-19-21-37-34(25-31)33-13-7-8-14-36(33)49-37/h1-26,42H,(H,46,47,48). The SMILES string of the molecule is c1ccc(C2=NC(c3ccc(-c4nccc5sc6ccc(-c7ccc8oc9ccccc9c8c7)cc6c45)cc3)=NC(c3ccccc3)N2)cc1. The highest BCUT2D eigenvalue weighted by molar-refractivity contribution is 7.25. The van der Waals surface area contributed by atoms with Crippen LogP contribution >= 0.6 is 11.3 Å². The maximum atomic E-state index is 6.10. The number of aliphatic imine (C=N–C) groups is 2. The fourth-order valence-corrected chi connectivity index (χ4v) is 8.01. The number of hydrogen-bond donors (Lipinski definition) is 1. The molecule has 6 heteroatoms. The highest BCUT2D eigenvalue weighted by atomic mass is 32.1. The van der Waals surface area contributed by atoms with Crippen molar-refractivity contribution in [3.63, 3.8) is 0 Å². The Morgan fingerprint density at radius 2 is 1.22 bits per heavy atom. The third-order valence-electron chi connectivity index (χ3n) is 9.41. The summed E-state index contributed by atoms with van der Waals surface area (Å²) in [5, 5.41) is 8.18. The van der Waals surface area contributed by atoms with E-state index < -0.39 is 0 Å².